The summed E-state index contributed by atoms with van der Waals surface area (Å²) in [7, 11) is 1.64. The predicted molar refractivity (Wildman–Crippen MR) is 108 cm³/mol. The Bertz CT molecular complexity index is 739. The minimum absolute atomic E-state index is 0. The lowest BCUT2D eigenvalue weighted by atomic mass is 9.95. The third-order valence-electron chi connectivity index (χ3n) is 4.68. The molecule has 0 aromatic heterocycles. The average Bonchev–Trinajstić information content (AvgIpc) is 2.70. The summed E-state index contributed by atoms with van der Waals surface area (Å²) >= 11 is 0. The van der Waals surface area contributed by atoms with Crippen LogP contribution in [0.2, 0.25) is 0 Å². The van der Waals surface area contributed by atoms with Crippen molar-refractivity contribution in [3.05, 3.63) is 59.7 Å². The second kappa shape index (κ2) is 10.2. The van der Waals surface area contributed by atoms with Gasteiger partial charge in [0.2, 0.25) is 5.91 Å². The number of carbonyl (C=O) groups is 1. The molecule has 1 unspecified atom stereocenters. The maximum absolute atomic E-state index is 13.1. The first-order valence-electron chi connectivity index (χ1n) is 9.03. The van der Waals surface area contributed by atoms with Crippen LogP contribution in [0.5, 0.6) is 11.5 Å². The van der Waals surface area contributed by atoms with Gasteiger partial charge in [-0.15, -0.1) is 12.4 Å². The number of rotatable bonds is 7. The van der Waals surface area contributed by atoms with E-state index in [-0.39, 0.29) is 24.2 Å². The fourth-order valence-corrected chi connectivity index (χ4v) is 3.27. The SMILES string of the molecule is COc1ccc2c(c1)CC(C(=O)N(CCCN)Cc1ccccc1)CO2.Cl. The molecule has 2 aromatic carbocycles. The van der Waals surface area contributed by atoms with Crippen molar-refractivity contribution in [1.82, 2.24) is 4.90 Å². The quantitative estimate of drug-likeness (QED) is 0.789. The Balaban J connectivity index is 0.00000261. The molecular formula is C21H27ClN2O3. The number of methoxy groups -OCH3 is 1. The number of hydrogen-bond acceptors (Lipinski definition) is 4. The lowest BCUT2D eigenvalue weighted by molar-refractivity contribution is -0.137. The van der Waals surface area contributed by atoms with Crippen molar-refractivity contribution in [3.63, 3.8) is 0 Å². The average molecular weight is 391 g/mol. The standard InChI is InChI=1S/C21H26N2O3.ClH/c1-25-19-8-9-20-17(13-19)12-18(15-26-20)21(24)23(11-5-10-22)14-16-6-3-2-4-7-16;/h2-4,6-9,13,18H,5,10-12,14-15,22H2,1H3;1H. The third kappa shape index (κ3) is 5.37. The summed E-state index contributed by atoms with van der Waals surface area (Å²) < 4.78 is 11.1. The third-order valence-corrected chi connectivity index (χ3v) is 4.68. The molecule has 0 spiro atoms. The van der Waals surface area contributed by atoms with Crippen molar-refractivity contribution in [2.24, 2.45) is 11.7 Å². The Morgan fingerprint density at radius 3 is 2.74 bits per heavy atom. The van der Waals surface area contributed by atoms with Gasteiger partial charge >= 0.3 is 0 Å². The Morgan fingerprint density at radius 2 is 2.04 bits per heavy atom. The van der Waals surface area contributed by atoms with Crippen LogP contribution < -0.4 is 15.2 Å². The van der Waals surface area contributed by atoms with Crippen LogP contribution in [-0.2, 0) is 17.8 Å². The Kier molecular flexibility index (Phi) is 7.95. The van der Waals surface area contributed by atoms with Gasteiger partial charge in [-0.05, 0) is 48.7 Å². The smallest absolute Gasteiger partial charge is 0.229 e. The van der Waals surface area contributed by atoms with Crippen LogP contribution in [0.1, 0.15) is 17.5 Å². The van der Waals surface area contributed by atoms with E-state index in [4.69, 9.17) is 15.2 Å². The predicted octanol–water partition coefficient (Wildman–Crippen LogP) is 3.05. The highest BCUT2D eigenvalue weighted by atomic mass is 35.5. The zero-order valence-electron chi connectivity index (χ0n) is 15.6. The van der Waals surface area contributed by atoms with E-state index in [1.54, 1.807) is 7.11 Å². The molecule has 0 saturated carbocycles. The van der Waals surface area contributed by atoms with Crippen LogP contribution in [0.4, 0.5) is 0 Å². The highest BCUT2D eigenvalue weighted by Crippen LogP contribution is 2.31. The lowest BCUT2D eigenvalue weighted by Gasteiger charge is -2.30. The Labute approximate surface area is 166 Å². The van der Waals surface area contributed by atoms with E-state index < -0.39 is 0 Å². The fourth-order valence-electron chi connectivity index (χ4n) is 3.27. The van der Waals surface area contributed by atoms with E-state index in [1.807, 2.05) is 53.4 Å². The fraction of sp³-hybridized carbons (Fsp3) is 0.381. The van der Waals surface area contributed by atoms with E-state index >= 15 is 0 Å². The van der Waals surface area contributed by atoms with Gasteiger partial charge in [-0.2, -0.15) is 0 Å². The van der Waals surface area contributed by atoms with Gasteiger partial charge in [0.05, 0.1) is 13.0 Å². The van der Waals surface area contributed by atoms with Gasteiger partial charge in [0.1, 0.15) is 18.1 Å². The van der Waals surface area contributed by atoms with Crippen LogP contribution in [0.25, 0.3) is 0 Å². The number of carbonyl (C=O) groups excluding carboxylic acids is 1. The molecule has 1 aliphatic rings. The number of hydrogen-bond donors (Lipinski definition) is 1. The van der Waals surface area contributed by atoms with E-state index in [0.29, 0.717) is 32.7 Å². The molecule has 5 nitrogen and oxygen atoms in total. The molecule has 6 heteroatoms. The molecule has 1 aliphatic heterocycles. The van der Waals surface area contributed by atoms with Gasteiger partial charge in [-0.25, -0.2) is 0 Å². The second-order valence-corrected chi connectivity index (χ2v) is 6.57. The molecule has 3 rings (SSSR count). The van der Waals surface area contributed by atoms with Crippen LogP contribution in [0.15, 0.2) is 48.5 Å². The van der Waals surface area contributed by atoms with Gasteiger partial charge in [0.25, 0.3) is 0 Å². The maximum Gasteiger partial charge on any atom is 0.229 e. The molecule has 146 valence electrons. The summed E-state index contributed by atoms with van der Waals surface area (Å²) in [4.78, 5) is 15.1. The minimum Gasteiger partial charge on any atom is -0.497 e. The monoisotopic (exact) mass is 390 g/mol. The van der Waals surface area contributed by atoms with E-state index in [9.17, 15) is 4.79 Å². The van der Waals surface area contributed by atoms with Crippen molar-refractivity contribution >= 4 is 18.3 Å². The molecule has 1 atom stereocenters. The maximum atomic E-state index is 13.1. The highest BCUT2D eigenvalue weighted by molar-refractivity contribution is 5.85. The molecule has 0 bridgehead atoms. The van der Waals surface area contributed by atoms with Crippen molar-refractivity contribution in [2.45, 2.75) is 19.4 Å². The molecule has 1 heterocycles. The second-order valence-electron chi connectivity index (χ2n) is 6.57. The molecule has 2 N–H and O–H groups in total. The number of amides is 1. The molecule has 0 fully saturated rings. The van der Waals surface area contributed by atoms with Crippen molar-refractivity contribution < 1.29 is 14.3 Å². The van der Waals surface area contributed by atoms with Gasteiger partial charge in [-0.3, -0.25) is 4.79 Å². The first kappa shape index (κ1) is 21.1. The molecule has 1 amide bonds. The number of halogens is 1. The van der Waals surface area contributed by atoms with Crippen LogP contribution >= 0.6 is 12.4 Å². The Hall–Kier alpha value is -2.24. The largest absolute Gasteiger partial charge is 0.497 e. The van der Waals surface area contributed by atoms with Gasteiger partial charge in [0.15, 0.2) is 0 Å². The molecule has 0 aliphatic carbocycles. The van der Waals surface area contributed by atoms with Gasteiger partial charge < -0.3 is 20.1 Å². The van der Waals surface area contributed by atoms with Crippen LogP contribution in [0, 0.1) is 5.92 Å². The van der Waals surface area contributed by atoms with Crippen LogP contribution in [0.3, 0.4) is 0 Å². The van der Waals surface area contributed by atoms with Crippen LogP contribution in [-0.4, -0.2) is 37.6 Å². The first-order chi connectivity index (χ1) is 12.7. The van der Waals surface area contributed by atoms with E-state index in [1.165, 1.54) is 0 Å². The zero-order valence-corrected chi connectivity index (χ0v) is 16.4. The molecule has 2 aromatic rings. The topological polar surface area (TPSA) is 64.8 Å². The minimum atomic E-state index is -0.184. The van der Waals surface area contributed by atoms with Gasteiger partial charge in [0, 0.05) is 13.1 Å². The lowest BCUT2D eigenvalue weighted by Crippen LogP contribution is -2.41. The number of nitrogens with two attached hydrogens (primary N) is 1. The zero-order chi connectivity index (χ0) is 18.4. The summed E-state index contributed by atoms with van der Waals surface area (Å²) in [6.45, 7) is 2.23. The van der Waals surface area contributed by atoms with E-state index in [2.05, 4.69) is 0 Å². The molecule has 27 heavy (non-hydrogen) atoms. The Morgan fingerprint density at radius 1 is 1.26 bits per heavy atom. The summed E-state index contributed by atoms with van der Waals surface area (Å²) in [5.74, 6) is 1.56. The number of nitrogens with zero attached hydrogens (tertiary/aromatic N) is 1. The summed E-state index contributed by atoms with van der Waals surface area (Å²) in [5.41, 5.74) is 7.81. The summed E-state index contributed by atoms with van der Waals surface area (Å²) in [5, 5.41) is 0. The molecule has 0 saturated heterocycles. The van der Waals surface area contributed by atoms with Crippen molar-refractivity contribution in [3.8, 4) is 11.5 Å². The normalized spacial score (nSPS) is 15.1. The summed E-state index contributed by atoms with van der Waals surface area (Å²) in [6, 6.07) is 15.8. The first-order valence-corrected chi connectivity index (χ1v) is 9.03. The number of ether oxygens (including phenoxy) is 2. The van der Waals surface area contributed by atoms with E-state index in [0.717, 1.165) is 29.0 Å². The highest BCUT2D eigenvalue weighted by Gasteiger charge is 2.29. The van der Waals surface area contributed by atoms with Gasteiger partial charge in [-0.1, -0.05) is 30.3 Å². The van der Waals surface area contributed by atoms with Crippen molar-refractivity contribution in [2.75, 3.05) is 26.8 Å². The molecular weight excluding hydrogens is 364 g/mol. The number of benzene rings is 2. The number of fused-ring (bicyclic) bond motifs is 1. The summed E-state index contributed by atoms with van der Waals surface area (Å²) in [6.07, 6.45) is 1.45. The molecule has 0 radical (unpaired) electrons. The van der Waals surface area contributed by atoms with Crippen molar-refractivity contribution in [1.29, 1.82) is 0 Å².